The molecule has 162 valence electrons. The molecule has 0 aliphatic heterocycles. The number of fused-ring (bicyclic) bond motifs is 1. The standard InChI is InChI=1S/C19H18N4O8/c1-3-9-30-18(25)14-10-13-15(31-14)16(21-22(13)19(26)29-4-2)20-17(24)11-7-5-6-8-12(11)23(27)28/h5-8,10H,3-4,9H2,1-2H3,(H,20,21,24). The third kappa shape index (κ3) is 4.37. The number of hydrogen-bond donors (Lipinski definition) is 1. The number of carbonyl (C=O) groups is 3. The van der Waals surface area contributed by atoms with Crippen molar-refractivity contribution in [2.75, 3.05) is 18.5 Å². The van der Waals surface area contributed by atoms with Gasteiger partial charge in [0.2, 0.25) is 5.76 Å². The molecular weight excluding hydrogens is 412 g/mol. The highest BCUT2D eigenvalue weighted by molar-refractivity contribution is 6.10. The summed E-state index contributed by atoms with van der Waals surface area (Å²) in [4.78, 5) is 47.5. The van der Waals surface area contributed by atoms with Crippen LogP contribution in [0, 0.1) is 10.1 Å². The first-order valence-corrected chi connectivity index (χ1v) is 9.28. The molecule has 12 nitrogen and oxygen atoms in total. The van der Waals surface area contributed by atoms with Crippen LogP contribution in [0.5, 0.6) is 0 Å². The Kier molecular flexibility index (Phi) is 6.29. The molecule has 0 spiro atoms. The van der Waals surface area contributed by atoms with Gasteiger partial charge in [-0.1, -0.05) is 19.1 Å². The van der Waals surface area contributed by atoms with Crippen molar-refractivity contribution in [1.29, 1.82) is 0 Å². The van der Waals surface area contributed by atoms with Crippen LogP contribution >= 0.6 is 0 Å². The Bertz CT molecular complexity index is 1160. The summed E-state index contributed by atoms with van der Waals surface area (Å²) in [5, 5.41) is 17.5. The summed E-state index contributed by atoms with van der Waals surface area (Å²) in [5.41, 5.74) is -0.673. The van der Waals surface area contributed by atoms with Gasteiger partial charge in [-0.15, -0.1) is 5.10 Å². The number of nitrogens with zero attached hydrogens (tertiary/aromatic N) is 3. The lowest BCUT2D eigenvalue weighted by molar-refractivity contribution is -0.385. The minimum Gasteiger partial charge on any atom is -0.460 e. The van der Waals surface area contributed by atoms with Crippen LogP contribution in [0.25, 0.3) is 11.1 Å². The number of aromatic nitrogens is 2. The number of anilines is 1. The molecule has 0 radical (unpaired) electrons. The first-order chi connectivity index (χ1) is 14.9. The van der Waals surface area contributed by atoms with Crippen molar-refractivity contribution in [3.05, 3.63) is 51.8 Å². The van der Waals surface area contributed by atoms with Crippen LogP contribution in [-0.2, 0) is 9.47 Å². The molecule has 0 fully saturated rings. The first-order valence-electron chi connectivity index (χ1n) is 9.28. The number of nitrogens with one attached hydrogen (secondary N) is 1. The fourth-order valence-corrected chi connectivity index (χ4v) is 2.68. The predicted octanol–water partition coefficient (Wildman–Crippen LogP) is 3.36. The molecule has 1 amide bonds. The van der Waals surface area contributed by atoms with Gasteiger partial charge in [-0.2, -0.15) is 4.68 Å². The van der Waals surface area contributed by atoms with Gasteiger partial charge >= 0.3 is 12.1 Å². The summed E-state index contributed by atoms with van der Waals surface area (Å²) >= 11 is 0. The number of nitro benzene ring substituents is 1. The van der Waals surface area contributed by atoms with Crippen molar-refractivity contribution in [2.24, 2.45) is 0 Å². The molecular formula is C19H18N4O8. The van der Waals surface area contributed by atoms with Gasteiger partial charge in [0, 0.05) is 12.1 Å². The predicted molar refractivity (Wildman–Crippen MR) is 106 cm³/mol. The Morgan fingerprint density at radius 2 is 1.97 bits per heavy atom. The number of ether oxygens (including phenoxy) is 2. The lowest BCUT2D eigenvalue weighted by Crippen LogP contribution is -2.17. The lowest BCUT2D eigenvalue weighted by atomic mass is 10.1. The Hall–Kier alpha value is -4.22. The van der Waals surface area contributed by atoms with E-state index in [9.17, 15) is 24.5 Å². The zero-order valence-corrected chi connectivity index (χ0v) is 16.6. The van der Waals surface area contributed by atoms with Crippen molar-refractivity contribution in [2.45, 2.75) is 20.3 Å². The fraction of sp³-hybridized carbons (Fsp3) is 0.263. The molecule has 2 aromatic heterocycles. The monoisotopic (exact) mass is 430 g/mol. The van der Waals surface area contributed by atoms with E-state index in [-0.39, 0.29) is 41.5 Å². The summed E-state index contributed by atoms with van der Waals surface area (Å²) in [6, 6.07) is 6.56. The number of nitro groups is 1. The van der Waals surface area contributed by atoms with E-state index in [2.05, 4.69) is 10.4 Å². The van der Waals surface area contributed by atoms with Crippen LogP contribution in [0.3, 0.4) is 0 Å². The van der Waals surface area contributed by atoms with Gasteiger partial charge in [-0.3, -0.25) is 14.9 Å². The zero-order chi connectivity index (χ0) is 22.5. The van der Waals surface area contributed by atoms with E-state index in [1.54, 1.807) is 6.92 Å². The molecule has 0 saturated carbocycles. The molecule has 0 unspecified atom stereocenters. The highest BCUT2D eigenvalue weighted by Crippen LogP contribution is 2.29. The maximum absolute atomic E-state index is 12.7. The molecule has 1 aromatic carbocycles. The number of esters is 1. The Morgan fingerprint density at radius 3 is 2.65 bits per heavy atom. The molecule has 12 heteroatoms. The quantitative estimate of drug-likeness (QED) is 0.337. The first kappa shape index (κ1) is 21.5. The van der Waals surface area contributed by atoms with Crippen LogP contribution in [0.2, 0.25) is 0 Å². The summed E-state index contributed by atoms with van der Waals surface area (Å²) in [7, 11) is 0. The topological polar surface area (TPSA) is 156 Å². The molecule has 0 atom stereocenters. The fourth-order valence-electron chi connectivity index (χ4n) is 2.68. The summed E-state index contributed by atoms with van der Waals surface area (Å²) in [6.45, 7) is 3.64. The van der Waals surface area contributed by atoms with Crippen molar-refractivity contribution >= 4 is 40.6 Å². The number of benzene rings is 1. The molecule has 1 N–H and O–H groups in total. The summed E-state index contributed by atoms with van der Waals surface area (Å²) in [6.07, 6.45) is -0.271. The van der Waals surface area contributed by atoms with Crippen molar-refractivity contribution in [3.63, 3.8) is 0 Å². The average Bonchev–Trinajstić information content (AvgIpc) is 3.32. The number of furan rings is 1. The molecule has 3 aromatic rings. The van der Waals surface area contributed by atoms with E-state index in [0.29, 0.717) is 6.42 Å². The third-order valence-corrected chi connectivity index (χ3v) is 4.01. The SMILES string of the molecule is CCCOC(=O)c1cc2c(o1)c(NC(=O)c1ccccc1[N+](=O)[O-])nn2C(=O)OCC. The third-order valence-electron chi connectivity index (χ3n) is 4.01. The maximum Gasteiger partial charge on any atom is 0.435 e. The molecule has 0 bridgehead atoms. The van der Waals surface area contributed by atoms with Gasteiger partial charge < -0.3 is 19.2 Å². The highest BCUT2D eigenvalue weighted by Gasteiger charge is 2.27. The Morgan fingerprint density at radius 1 is 1.23 bits per heavy atom. The summed E-state index contributed by atoms with van der Waals surface area (Å²) in [5.74, 6) is -2.04. The van der Waals surface area contributed by atoms with Crippen LogP contribution in [0.1, 0.15) is 41.2 Å². The van der Waals surface area contributed by atoms with Crippen molar-refractivity contribution < 1.29 is 33.2 Å². The largest absolute Gasteiger partial charge is 0.460 e. The smallest absolute Gasteiger partial charge is 0.435 e. The van der Waals surface area contributed by atoms with E-state index in [4.69, 9.17) is 13.9 Å². The van der Waals surface area contributed by atoms with Gasteiger partial charge in [0.25, 0.3) is 11.6 Å². The number of para-hydroxylation sites is 1. The second kappa shape index (κ2) is 9.07. The van der Waals surface area contributed by atoms with Crippen LogP contribution < -0.4 is 5.32 Å². The second-order valence-corrected chi connectivity index (χ2v) is 6.15. The highest BCUT2D eigenvalue weighted by atomic mass is 16.6. The van der Waals surface area contributed by atoms with Crippen LogP contribution in [0.15, 0.2) is 34.7 Å². The van der Waals surface area contributed by atoms with E-state index in [1.165, 1.54) is 30.3 Å². The van der Waals surface area contributed by atoms with E-state index < -0.39 is 28.6 Å². The normalized spacial score (nSPS) is 10.6. The Balaban J connectivity index is 2.02. The van der Waals surface area contributed by atoms with Gasteiger partial charge in [0.05, 0.1) is 18.1 Å². The number of carbonyl (C=O) groups excluding carboxylic acids is 3. The number of hydrogen-bond acceptors (Lipinski definition) is 9. The van der Waals surface area contributed by atoms with E-state index in [1.807, 2.05) is 6.92 Å². The van der Waals surface area contributed by atoms with E-state index >= 15 is 0 Å². The van der Waals surface area contributed by atoms with Gasteiger partial charge in [-0.25, -0.2) is 9.59 Å². The van der Waals surface area contributed by atoms with Crippen molar-refractivity contribution in [1.82, 2.24) is 9.78 Å². The van der Waals surface area contributed by atoms with Gasteiger partial charge in [0.15, 0.2) is 11.4 Å². The zero-order valence-electron chi connectivity index (χ0n) is 16.6. The van der Waals surface area contributed by atoms with Gasteiger partial charge in [-0.05, 0) is 19.4 Å². The van der Waals surface area contributed by atoms with Crippen molar-refractivity contribution in [3.8, 4) is 0 Å². The molecule has 31 heavy (non-hydrogen) atoms. The van der Waals surface area contributed by atoms with Crippen LogP contribution in [-0.4, -0.2) is 45.9 Å². The molecule has 0 saturated heterocycles. The Labute approximate surface area is 174 Å². The molecule has 2 heterocycles. The van der Waals surface area contributed by atoms with Gasteiger partial charge in [0.1, 0.15) is 11.1 Å². The summed E-state index contributed by atoms with van der Waals surface area (Å²) < 4.78 is 16.2. The van der Waals surface area contributed by atoms with E-state index in [0.717, 1.165) is 4.68 Å². The minimum atomic E-state index is -0.868. The minimum absolute atomic E-state index is 0.0553. The van der Waals surface area contributed by atoms with Crippen LogP contribution in [0.4, 0.5) is 16.3 Å². The molecule has 3 rings (SSSR count). The average molecular weight is 430 g/mol. The lowest BCUT2D eigenvalue weighted by Gasteiger charge is -2.04. The number of amides is 1. The molecule has 0 aliphatic carbocycles. The second-order valence-electron chi connectivity index (χ2n) is 6.15. The number of rotatable bonds is 7. The maximum atomic E-state index is 12.7. The molecule has 0 aliphatic rings.